The lowest BCUT2D eigenvalue weighted by molar-refractivity contribution is -0.170. The maximum absolute atomic E-state index is 11.3. The molecule has 1 aliphatic heterocycles. The van der Waals surface area contributed by atoms with Crippen molar-refractivity contribution in [1.29, 1.82) is 0 Å². The van der Waals surface area contributed by atoms with Crippen LogP contribution in [0.25, 0.3) is 0 Å². The van der Waals surface area contributed by atoms with Crippen molar-refractivity contribution in [3.63, 3.8) is 0 Å². The van der Waals surface area contributed by atoms with E-state index in [0.29, 0.717) is 18.0 Å². The van der Waals surface area contributed by atoms with E-state index in [4.69, 9.17) is 4.74 Å². The summed E-state index contributed by atoms with van der Waals surface area (Å²) in [5, 5.41) is 3.66. The Labute approximate surface area is 97.9 Å². The summed E-state index contributed by atoms with van der Waals surface area (Å²) in [4.78, 5) is 11.3. The van der Waals surface area contributed by atoms with Gasteiger partial charge in [0.2, 0.25) is 0 Å². The lowest BCUT2D eigenvalue weighted by Crippen LogP contribution is -2.60. The number of piperidine rings is 1. The molecule has 1 saturated heterocycles. The Balaban J connectivity index is 2.16. The van der Waals surface area contributed by atoms with Crippen molar-refractivity contribution < 1.29 is 9.53 Å². The summed E-state index contributed by atoms with van der Waals surface area (Å²) in [6, 6.07) is 0.991. The van der Waals surface area contributed by atoms with Gasteiger partial charge in [0.15, 0.2) is 0 Å². The Morgan fingerprint density at radius 2 is 2.06 bits per heavy atom. The molecule has 1 heterocycles. The summed E-state index contributed by atoms with van der Waals surface area (Å²) in [5.74, 6) is 0.363. The van der Waals surface area contributed by atoms with Crippen molar-refractivity contribution in [3.8, 4) is 0 Å². The molecule has 2 fully saturated rings. The third-order valence-corrected chi connectivity index (χ3v) is 4.14. The highest BCUT2D eigenvalue weighted by molar-refractivity contribution is 5.66. The molecule has 0 radical (unpaired) electrons. The number of hydrogen-bond donors (Lipinski definition) is 1. The number of hydrogen-bond acceptors (Lipinski definition) is 3. The van der Waals surface area contributed by atoms with Gasteiger partial charge in [-0.25, -0.2) is 0 Å². The molecule has 0 bridgehead atoms. The molecule has 16 heavy (non-hydrogen) atoms. The minimum atomic E-state index is -0.248. The van der Waals surface area contributed by atoms with Crippen LogP contribution in [0.4, 0.5) is 0 Å². The van der Waals surface area contributed by atoms with Gasteiger partial charge in [-0.05, 0) is 26.7 Å². The van der Waals surface area contributed by atoms with Gasteiger partial charge in [-0.3, -0.25) is 4.79 Å². The molecule has 3 nitrogen and oxygen atoms in total. The Morgan fingerprint density at radius 1 is 1.38 bits per heavy atom. The highest BCUT2D eigenvalue weighted by Gasteiger charge is 2.47. The molecule has 0 amide bonds. The normalized spacial score (nSPS) is 43.6. The topological polar surface area (TPSA) is 38.3 Å². The summed E-state index contributed by atoms with van der Waals surface area (Å²) in [6.07, 6.45) is 5.93. The van der Waals surface area contributed by atoms with Crippen molar-refractivity contribution in [3.05, 3.63) is 0 Å². The molecular weight excluding hydrogens is 202 g/mol. The van der Waals surface area contributed by atoms with Crippen molar-refractivity contribution >= 4 is 5.97 Å². The van der Waals surface area contributed by atoms with Crippen LogP contribution < -0.4 is 5.32 Å². The number of nitrogens with one attached hydrogen (secondary N) is 1. The summed E-state index contributed by atoms with van der Waals surface area (Å²) in [6.45, 7) is 5.83. The second-order valence-electron chi connectivity index (χ2n) is 5.68. The van der Waals surface area contributed by atoms with Crippen molar-refractivity contribution in [2.75, 3.05) is 0 Å². The van der Waals surface area contributed by atoms with Crippen LogP contribution in [0.3, 0.4) is 0 Å². The molecule has 2 aliphatic rings. The van der Waals surface area contributed by atoms with E-state index in [2.05, 4.69) is 19.2 Å². The first-order chi connectivity index (χ1) is 7.51. The second kappa shape index (κ2) is 4.36. The van der Waals surface area contributed by atoms with E-state index < -0.39 is 0 Å². The summed E-state index contributed by atoms with van der Waals surface area (Å²) in [5.41, 5.74) is -0.248. The van der Waals surface area contributed by atoms with Crippen molar-refractivity contribution in [1.82, 2.24) is 5.32 Å². The summed E-state index contributed by atoms with van der Waals surface area (Å²) in [7, 11) is 0. The van der Waals surface area contributed by atoms with Crippen LogP contribution >= 0.6 is 0 Å². The van der Waals surface area contributed by atoms with Crippen LogP contribution in [0, 0.1) is 5.92 Å². The molecule has 0 aromatic heterocycles. The van der Waals surface area contributed by atoms with Gasteiger partial charge in [0.1, 0.15) is 5.60 Å². The molecule has 0 spiro atoms. The maximum atomic E-state index is 11.3. The van der Waals surface area contributed by atoms with E-state index in [1.807, 2.05) is 0 Å². The van der Waals surface area contributed by atoms with Gasteiger partial charge in [-0.1, -0.05) is 12.8 Å². The quantitative estimate of drug-likeness (QED) is 0.696. The smallest absolute Gasteiger partial charge is 0.303 e. The van der Waals surface area contributed by atoms with Crippen LogP contribution in [0.15, 0.2) is 0 Å². The van der Waals surface area contributed by atoms with Gasteiger partial charge < -0.3 is 10.1 Å². The first-order valence-corrected chi connectivity index (χ1v) is 6.47. The van der Waals surface area contributed by atoms with E-state index in [1.54, 1.807) is 0 Å². The number of esters is 1. The van der Waals surface area contributed by atoms with Gasteiger partial charge in [-0.15, -0.1) is 0 Å². The number of carbonyl (C=O) groups is 1. The fourth-order valence-corrected chi connectivity index (χ4v) is 3.69. The van der Waals surface area contributed by atoms with Gasteiger partial charge in [0.05, 0.1) is 0 Å². The second-order valence-corrected chi connectivity index (χ2v) is 5.68. The lowest BCUT2D eigenvalue weighted by atomic mass is 9.69. The minimum absolute atomic E-state index is 0.138. The largest absolute Gasteiger partial charge is 0.459 e. The van der Waals surface area contributed by atoms with Gasteiger partial charge in [-0.2, -0.15) is 0 Å². The first-order valence-electron chi connectivity index (χ1n) is 6.47. The zero-order chi connectivity index (χ0) is 11.8. The SMILES string of the molecule is CC(=O)O[C@]1(C)C[C@H](C)N[C@H]2CCCC[C@@H]21. The molecule has 92 valence electrons. The molecule has 0 aromatic rings. The number of carbonyl (C=O) groups excluding carboxylic acids is 1. The Morgan fingerprint density at radius 3 is 2.75 bits per heavy atom. The fourth-order valence-electron chi connectivity index (χ4n) is 3.69. The minimum Gasteiger partial charge on any atom is -0.459 e. The maximum Gasteiger partial charge on any atom is 0.303 e. The van der Waals surface area contributed by atoms with Crippen LogP contribution in [0.2, 0.25) is 0 Å². The molecule has 0 aromatic carbocycles. The molecule has 1 N–H and O–H groups in total. The zero-order valence-electron chi connectivity index (χ0n) is 10.6. The monoisotopic (exact) mass is 225 g/mol. The van der Waals surface area contributed by atoms with E-state index in [0.717, 1.165) is 6.42 Å². The predicted octanol–water partition coefficient (Wildman–Crippen LogP) is 2.25. The molecular formula is C13H23NO2. The summed E-state index contributed by atoms with van der Waals surface area (Å²) < 4.78 is 5.64. The Kier molecular flexibility index (Phi) is 3.24. The van der Waals surface area contributed by atoms with Crippen molar-refractivity contribution in [2.24, 2.45) is 5.92 Å². The third kappa shape index (κ3) is 2.24. The molecule has 4 atom stereocenters. The highest BCUT2D eigenvalue weighted by atomic mass is 16.6. The average Bonchev–Trinajstić information content (AvgIpc) is 2.15. The standard InChI is InChI=1S/C13H23NO2/c1-9-8-13(3,16-10(2)15)11-6-4-5-7-12(11)14-9/h9,11-12,14H,4-8H2,1-3H3/t9-,11-,12-,13+/m0/s1. The van der Waals surface area contributed by atoms with E-state index in [1.165, 1.54) is 32.6 Å². The number of ether oxygens (including phenoxy) is 1. The third-order valence-electron chi connectivity index (χ3n) is 4.14. The molecule has 3 heteroatoms. The highest BCUT2D eigenvalue weighted by Crippen LogP contribution is 2.41. The zero-order valence-corrected chi connectivity index (χ0v) is 10.6. The fraction of sp³-hybridized carbons (Fsp3) is 0.923. The van der Waals surface area contributed by atoms with Gasteiger partial charge in [0, 0.05) is 31.3 Å². The van der Waals surface area contributed by atoms with Crippen LogP contribution in [-0.4, -0.2) is 23.7 Å². The van der Waals surface area contributed by atoms with E-state index >= 15 is 0 Å². The van der Waals surface area contributed by atoms with Crippen LogP contribution in [0.5, 0.6) is 0 Å². The lowest BCUT2D eigenvalue weighted by Gasteiger charge is -2.50. The first kappa shape index (κ1) is 11.9. The average molecular weight is 225 g/mol. The molecule has 2 rings (SSSR count). The Bertz CT molecular complexity index is 279. The van der Waals surface area contributed by atoms with E-state index in [-0.39, 0.29) is 11.6 Å². The Hall–Kier alpha value is -0.570. The van der Waals surface area contributed by atoms with Crippen molar-refractivity contribution in [2.45, 2.75) is 70.6 Å². The van der Waals surface area contributed by atoms with Gasteiger partial charge in [0.25, 0.3) is 0 Å². The molecule has 1 saturated carbocycles. The molecule has 1 aliphatic carbocycles. The number of rotatable bonds is 1. The summed E-state index contributed by atoms with van der Waals surface area (Å²) >= 11 is 0. The van der Waals surface area contributed by atoms with Crippen LogP contribution in [0.1, 0.15) is 52.9 Å². The molecule has 0 unspecified atom stereocenters. The van der Waals surface area contributed by atoms with Crippen LogP contribution in [-0.2, 0) is 9.53 Å². The van der Waals surface area contributed by atoms with Gasteiger partial charge >= 0.3 is 5.97 Å². The van der Waals surface area contributed by atoms with E-state index in [9.17, 15) is 4.79 Å². The number of fused-ring (bicyclic) bond motifs is 1. The predicted molar refractivity (Wildman–Crippen MR) is 63.1 cm³/mol.